The van der Waals surface area contributed by atoms with Gasteiger partial charge >= 0.3 is 0 Å². The van der Waals surface area contributed by atoms with Crippen LogP contribution in [0.4, 0.5) is 0 Å². The Morgan fingerprint density at radius 1 is 1.22 bits per heavy atom. The van der Waals surface area contributed by atoms with Gasteiger partial charge in [0.25, 0.3) is 0 Å². The van der Waals surface area contributed by atoms with Crippen molar-refractivity contribution in [3.05, 3.63) is 0 Å². The summed E-state index contributed by atoms with van der Waals surface area (Å²) in [5.74, 6) is 0.437. The molecule has 1 aliphatic heterocycles. The molecule has 106 valence electrons. The van der Waals surface area contributed by atoms with Gasteiger partial charge in [-0.05, 0) is 38.6 Å². The molecule has 2 rings (SSSR count). The lowest BCUT2D eigenvalue weighted by molar-refractivity contribution is 0.0617. The fraction of sp³-hybridized carbons (Fsp3) is 1.00. The number of nitrogens with zero attached hydrogens (tertiary/aromatic N) is 1. The van der Waals surface area contributed by atoms with Crippen LogP contribution in [0.1, 0.15) is 51.9 Å². The molecule has 2 fully saturated rings. The first-order valence-corrected chi connectivity index (χ1v) is 7.66. The first-order chi connectivity index (χ1) is 8.65. The van der Waals surface area contributed by atoms with Gasteiger partial charge in [0, 0.05) is 25.1 Å². The number of rotatable bonds is 4. The van der Waals surface area contributed by atoms with Gasteiger partial charge in [-0.3, -0.25) is 0 Å². The zero-order valence-corrected chi connectivity index (χ0v) is 11.8. The van der Waals surface area contributed by atoms with E-state index in [9.17, 15) is 10.2 Å². The molecule has 2 aliphatic rings. The van der Waals surface area contributed by atoms with Gasteiger partial charge < -0.3 is 15.1 Å². The van der Waals surface area contributed by atoms with Gasteiger partial charge in [0.05, 0.1) is 6.10 Å². The summed E-state index contributed by atoms with van der Waals surface area (Å²) in [5.41, 5.74) is 0.143. The SMILES string of the molecule is CC(O)C1CCN(CC2(CO)CCCCCC2)C1. The zero-order valence-electron chi connectivity index (χ0n) is 11.8. The number of aliphatic hydroxyl groups is 2. The van der Waals surface area contributed by atoms with Crippen molar-refractivity contribution in [3.63, 3.8) is 0 Å². The molecule has 1 heterocycles. The van der Waals surface area contributed by atoms with Crippen molar-refractivity contribution in [2.75, 3.05) is 26.2 Å². The van der Waals surface area contributed by atoms with Crippen molar-refractivity contribution in [2.45, 2.75) is 58.0 Å². The van der Waals surface area contributed by atoms with E-state index in [4.69, 9.17) is 0 Å². The molecule has 1 saturated carbocycles. The molecule has 3 heteroatoms. The Morgan fingerprint density at radius 2 is 1.89 bits per heavy atom. The van der Waals surface area contributed by atoms with Crippen molar-refractivity contribution in [1.29, 1.82) is 0 Å². The quantitative estimate of drug-likeness (QED) is 0.755. The molecule has 1 aliphatic carbocycles. The second-order valence-corrected chi connectivity index (χ2v) is 6.60. The minimum atomic E-state index is -0.186. The minimum Gasteiger partial charge on any atom is -0.396 e. The van der Waals surface area contributed by atoms with Crippen LogP contribution in [0.3, 0.4) is 0 Å². The Bertz CT molecular complexity index is 247. The Balaban J connectivity index is 1.90. The third-order valence-corrected chi connectivity index (χ3v) is 5.05. The van der Waals surface area contributed by atoms with Gasteiger partial charge in [-0.15, -0.1) is 0 Å². The average molecular weight is 255 g/mol. The number of hydrogen-bond donors (Lipinski definition) is 2. The van der Waals surface area contributed by atoms with Crippen LogP contribution in [0, 0.1) is 11.3 Å². The maximum absolute atomic E-state index is 9.83. The van der Waals surface area contributed by atoms with Crippen LogP contribution in [0.2, 0.25) is 0 Å². The van der Waals surface area contributed by atoms with E-state index in [1.807, 2.05) is 6.92 Å². The summed E-state index contributed by atoms with van der Waals surface area (Å²) in [4.78, 5) is 2.47. The Labute approximate surface area is 111 Å². The molecule has 0 aromatic rings. The van der Waals surface area contributed by atoms with Gasteiger partial charge in [0.1, 0.15) is 0 Å². The molecule has 0 radical (unpaired) electrons. The van der Waals surface area contributed by atoms with E-state index in [1.165, 1.54) is 38.5 Å². The van der Waals surface area contributed by atoms with Crippen LogP contribution in [0.15, 0.2) is 0 Å². The highest BCUT2D eigenvalue weighted by Gasteiger charge is 2.35. The van der Waals surface area contributed by atoms with Gasteiger partial charge in [-0.2, -0.15) is 0 Å². The van der Waals surface area contributed by atoms with E-state index in [-0.39, 0.29) is 11.5 Å². The lowest BCUT2D eigenvalue weighted by Gasteiger charge is -2.35. The average Bonchev–Trinajstić information content (AvgIpc) is 2.69. The second-order valence-electron chi connectivity index (χ2n) is 6.60. The van der Waals surface area contributed by atoms with Crippen LogP contribution in [-0.2, 0) is 0 Å². The van der Waals surface area contributed by atoms with E-state index in [0.717, 1.165) is 26.1 Å². The number of aliphatic hydroxyl groups excluding tert-OH is 2. The molecule has 2 atom stereocenters. The standard InChI is InChI=1S/C15H29NO2/c1-13(18)14-6-9-16(10-14)11-15(12-17)7-4-2-3-5-8-15/h13-14,17-18H,2-12H2,1H3. The van der Waals surface area contributed by atoms with Gasteiger partial charge in [-0.1, -0.05) is 25.7 Å². The summed E-state index contributed by atoms with van der Waals surface area (Å²) in [7, 11) is 0. The molecule has 0 aromatic carbocycles. The molecular weight excluding hydrogens is 226 g/mol. The highest BCUT2D eigenvalue weighted by molar-refractivity contribution is 4.88. The number of likely N-dealkylation sites (tertiary alicyclic amines) is 1. The topological polar surface area (TPSA) is 43.7 Å². The molecule has 0 amide bonds. The molecular formula is C15H29NO2. The summed E-state index contributed by atoms with van der Waals surface area (Å²) in [5, 5.41) is 19.5. The lowest BCUT2D eigenvalue weighted by atomic mass is 9.80. The van der Waals surface area contributed by atoms with E-state index >= 15 is 0 Å². The molecule has 2 N–H and O–H groups in total. The summed E-state index contributed by atoms with van der Waals surface area (Å²) >= 11 is 0. The normalized spacial score (nSPS) is 31.2. The van der Waals surface area contributed by atoms with Gasteiger partial charge in [0.2, 0.25) is 0 Å². The highest BCUT2D eigenvalue weighted by atomic mass is 16.3. The number of hydrogen-bond acceptors (Lipinski definition) is 3. The van der Waals surface area contributed by atoms with Crippen LogP contribution >= 0.6 is 0 Å². The van der Waals surface area contributed by atoms with Crippen LogP contribution in [0.25, 0.3) is 0 Å². The zero-order chi connectivity index (χ0) is 13.0. The molecule has 1 saturated heterocycles. The Hall–Kier alpha value is -0.120. The van der Waals surface area contributed by atoms with Crippen LogP contribution in [-0.4, -0.2) is 47.5 Å². The summed E-state index contributed by atoms with van der Waals surface area (Å²) in [6.45, 7) is 5.38. The monoisotopic (exact) mass is 255 g/mol. The predicted molar refractivity (Wildman–Crippen MR) is 73.4 cm³/mol. The van der Waals surface area contributed by atoms with E-state index in [0.29, 0.717) is 12.5 Å². The van der Waals surface area contributed by atoms with Gasteiger partial charge in [0.15, 0.2) is 0 Å². The molecule has 3 nitrogen and oxygen atoms in total. The Morgan fingerprint density at radius 3 is 2.39 bits per heavy atom. The third-order valence-electron chi connectivity index (χ3n) is 5.05. The van der Waals surface area contributed by atoms with E-state index < -0.39 is 0 Å². The first kappa shape index (κ1) is 14.3. The van der Waals surface area contributed by atoms with E-state index in [2.05, 4.69) is 4.90 Å². The van der Waals surface area contributed by atoms with Crippen LogP contribution < -0.4 is 0 Å². The summed E-state index contributed by atoms with van der Waals surface area (Å²) in [6, 6.07) is 0. The van der Waals surface area contributed by atoms with Crippen molar-refractivity contribution >= 4 is 0 Å². The third kappa shape index (κ3) is 3.46. The lowest BCUT2D eigenvalue weighted by Crippen LogP contribution is -2.39. The van der Waals surface area contributed by atoms with Crippen LogP contribution in [0.5, 0.6) is 0 Å². The maximum atomic E-state index is 9.83. The maximum Gasteiger partial charge on any atom is 0.0552 e. The summed E-state index contributed by atoms with van der Waals surface area (Å²) in [6.07, 6.45) is 8.49. The second kappa shape index (κ2) is 6.36. The van der Waals surface area contributed by atoms with Crippen molar-refractivity contribution in [3.8, 4) is 0 Å². The first-order valence-electron chi connectivity index (χ1n) is 7.66. The van der Waals surface area contributed by atoms with Crippen molar-refractivity contribution in [2.24, 2.45) is 11.3 Å². The smallest absolute Gasteiger partial charge is 0.0552 e. The molecule has 0 spiro atoms. The predicted octanol–water partition coefficient (Wildman–Crippen LogP) is 2.02. The fourth-order valence-corrected chi connectivity index (χ4v) is 3.72. The molecule has 18 heavy (non-hydrogen) atoms. The molecule has 0 bridgehead atoms. The minimum absolute atomic E-state index is 0.143. The largest absolute Gasteiger partial charge is 0.396 e. The molecule has 2 unspecified atom stereocenters. The fourth-order valence-electron chi connectivity index (χ4n) is 3.72. The molecule has 0 aromatic heterocycles. The van der Waals surface area contributed by atoms with Crippen molar-refractivity contribution < 1.29 is 10.2 Å². The van der Waals surface area contributed by atoms with Gasteiger partial charge in [-0.25, -0.2) is 0 Å². The highest BCUT2D eigenvalue weighted by Crippen LogP contribution is 2.36. The van der Waals surface area contributed by atoms with E-state index in [1.54, 1.807) is 0 Å². The summed E-state index contributed by atoms with van der Waals surface area (Å²) < 4.78 is 0. The Kier molecular flexibility index (Phi) is 5.05. The van der Waals surface area contributed by atoms with Crippen molar-refractivity contribution in [1.82, 2.24) is 4.90 Å².